The van der Waals surface area contributed by atoms with Crippen LogP contribution < -0.4 is 10.9 Å². The van der Waals surface area contributed by atoms with E-state index in [0.717, 1.165) is 25.2 Å². The number of hydrogen-bond donors (Lipinski definition) is 1. The van der Waals surface area contributed by atoms with E-state index in [1.807, 2.05) is 6.92 Å². The van der Waals surface area contributed by atoms with Crippen LogP contribution in [-0.4, -0.2) is 40.9 Å². The highest BCUT2D eigenvalue weighted by Crippen LogP contribution is 2.19. The molecular formula is C13H21BrN4O. The average Bonchev–Trinajstić information content (AvgIpc) is 2.80. The van der Waals surface area contributed by atoms with E-state index in [1.54, 1.807) is 6.20 Å². The first kappa shape index (κ1) is 14.5. The molecule has 0 radical (unpaired) electrons. The first-order valence-electron chi connectivity index (χ1n) is 6.83. The number of nitrogens with zero attached hydrogens (tertiary/aromatic N) is 3. The van der Waals surface area contributed by atoms with Gasteiger partial charge in [0.15, 0.2) is 0 Å². The standard InChI is InChI=1S/C13H21BrN4O/c1-3-6-18-13(19)12(14)11(9-16-18)15-8-10-5-4-7-17(10)2/h9-10,15H,3-8H2,1-2H3. The zero-order valence-corrected chi connectivity index (χ0v) is 13.1. The van der Waals surface area contributed by atoms with Crippen molar-refractivity contribution in [2.75, 3.05) is 25.5 Å². The molecule has 1 aliphatic heterocycles. The Morgan fingerprint density at radius 3 is 3.00 bits per heavy atom. The zero-order chi connectivity index (χ0) is 13.8. The molecule has 0 aliphatic carbocycles. The fraction of sp³-hybridized carbons (Fsp3) is 0.692. The maximum atomic E-state index is 12.0. The topological polar surface area (TPSA) is 50.2 Å². The van der Waals surface area contributed by atoms with E-state index in [9.17, 15) is 4.79 Å². The molecule has 1 N–H and O–H groups in total. The van der Waals surface area contributed by atoms with E-state index < -0.39 is 0 Å². The summed E-state index contributed by atoms with van der Waals surface area (Å²) in [6, 6.07) is 0.546. The molecule has 6 heteroatoms. The molecule has 0 aromatic carbocycles. The summed E-state index contributed by atoms with van der Waals surface area (Å²) in [5, 5.41) is 7.52. The van der Waals surface area contributed by atoms with Crippen molar-refractivity contribution in [2.24, 2.45) is 0 Å². The predicted molar refractivity (Wildman–Crippen MR) is 80.6 cm³/mol. The van der Waals surface area contributed by atoms with Gasteiger partial charge in [-0.3, -0.25) is 4.79 Å². The van der Waals surface area contributed by atoms with Crippen LogP contribution in [0.3, 0.4) is 0 Å². The molecule has 1 aromatic rings. The molecular weight excluding hydrogens is 308 g/mol. The third-order valence-corrected chi connectivity index (χ3v) is 4.39. The quantitative estimate of drug-likeness (QED) is 0.897. The average molecular weight is 329 g/mol. The number of halogens is 1. The number of aryl methyl sites for hydroxylation is 1. The van der Waals surface area contributed by atoms with Crippen molar-refractivity contribution in [3.05, 3.63) is 21.0 Å². The summed E-state index contributed by atoms with van der Waals surface area (Å²) in [7, 11) is 2.14. The summed E-state index contributed by atoms with van der Waals surface area (Å²) in [6.07, 6.45) is 5.09. The third kappa shape index (κ3) is 3.36. The van der Waals surface area contributed by atoms with Gasteiger partial charge in [0.05, 0.1) is 11.9 Å². The Labute approximate surface area is 122 Å². The minimum atomic E-state index is -0.0633. The molecule has 0 amide bonds. The van der Waals surface area contributed by atoms with Gasteiger partial charge in [-0.15, -0.1) is 0 Å². The van der Waals surface area contributed by atoms with Gasteiger partial charge in [0.25, 0.3) is 5.56 Å². The molecule has 106 valence electrons. The Morgan fingerprint density at radius 2 is 2.37 bits per heavy atom. The second-order valence-electron chi connectivity index (χ2n) is 5.06. The van der Waals surface area contributed by atoms with Crippen molar-refractivity contribution < 1.29 is 0 Å². The van der Waals surface area contributed by atoms with Gasteiger partial charge >= 0.3 is 0 Å². The summed E-state index contributed by atoms with van der Waals surface area (Å²) < 4.78 is 2.08. The first-order chi connectivity index (χ1) is 9.13. The number of anilines is 1. The molecule has 1 unspecified atom stereocenters. The minimum absolute atomic E-state index is 0.0633. The van der Waals surface area contributed by atoms with E-state index in [-0.39, 0.29) is 5.56 Å². The molecule has 1 aliphatic rings. The number of hydrogen-bond acceptors (Lipinski definition) is 4. The molecule has 0 saturated carbocycles. The molecule has 1 aromatic heterocycles. The van der Waals surface area contributed by atoms with Crippen molar-refractivity contribution in [1.82, 2.24) is 14.7 Å². The van der Waals surface area contributed by atoms with E-state index in [2.05, 4.69) is 38.3 Å². The van der Waals surface area contributed by atoms with Crippen LogP contribution in [-0.2, 0) is 6.54 Å². The van der Waals surface area contributed by atoms with E-state index in [4.69, 9.17) is 0 Å². The van der Waals surface area contributed by atoms with Crippen LogP contribution in [0.5, 0.6) is 0 Å². The minimum Gasteiger partial charge on any atom is -0.381 e. The molecule has 1 saturated heterocycles. The van der Waals surface area contributed by atoms with Crippen LogP contribution >= 0.6 is 15.9 Å². The predicted octanol–water partition coefficient (Wildman–Crippen LogP) is 1.92. The van der Waals surface area contributed by atoms with Gasteiger partial charge in [-0.05, 0) is 48.8 Å². The lowest BCUT2D eigenvalue weighted by atomic mass is 10.2. The Kier molecular flexibility index (Phi) is 4.99. The summed E-state index contributed by atoms with van der Waals surface area (Å²) in [5.74, 6) is 0. The van der Waals surface area contributed by atoms with Crippen molar-refractivity contribution in [3.8, 4) is 0 Å². The maximum Gasteiger partial charge on any atom is 0.283 e. The molecule has 0 spiro atoms. The molecule has 1 atom stereocenters. The van der Waals surface area contributed by atoms with Gasteiger partial charge in [0.1, 0.15) is 4.47 Å². The second kappa shape index (κ2) is 6.52. The fourth-order valence-electron chi connectivity index (χ4n) is 2.42. The number of nitrogens with one attached hydrogen (secondary N) is 1. The number of likely N-dealkylation sites (tertiary alicyclic amines) is 1. The van der Waals surface area contributed by atoms with E-state index in [1.165, 1.54) is 17.5 Å². The fourth-order valence-corrected chi connectivity index (χ4v) is 2.87. The monoisotopic (exact) mass is 328 g/mol. The highest BCUT2D eigenvalue weighted by atomic mass is 79.9. The van der Waals surface area contributed by atoms with Crippen LogP contribution in [0.1, 0.15) is 26.2 Å². The highest BCUT2D eigenvalue weighted by Gasteiger charge is 2.20. The third-order valence-electron chi connectivity index (χ3n) is 3.62. The van der Waals surface area contributed by atoms with Crippen molar-refractivity contribution in [3.63, 3.8) is 0 Å². The Bertz CT molecular complexity index is 488. The van der Waals surface area contributed by atoms with Crippen molar-refractivity contribution >= 4 is 21.6 Å². The van der Waals surface area contributed by atoms with E-state index in [0.29, 0.717) is 17.1 Å². The number of rotatable bonds is 5. The van der Waals surface area contributed by atoms with Crippen molar-refractivity contribution in [1.29, 1.82) is 0 Å². The van der Waals surface area contributed by atoms with Crippen LogP contribution in [0.15, 0.2) is 15.5 Å². The second-order valence-corrected chi connectivity index (χ2v) is 5.85. The number of likely N-dealkylation sites (N-methyl/N-ethyl adjacent to an activating group) is 1. The molecule has 5 nitrogen and oxygen atoms in total. The normalized spacial score (nSPS) is 19.8. The number of aromatic nitrogens is 2. The van der Waals surface area contributed by atoms with Gasteiger partial charge in [0, 0.05) is 19.1 Å². The Hall–Kier alpha value is -0.880. The van der Waals surface area contributed by atoms with Crippen LogP contribution in [0.4, 0.5) is 5.69 Å². The van der Waals surface area contributed by atoms with E-state index >= 15 is 0 Å². The summed E-state index contributed by atoms with van der Waals surface area (Å²) in [5.41, 5.74) is 0.726. The lowest BCUT2D eigenvalue weighted by Crippen LogP contribution is -2.32. The highest BCUT2D eigenvalue weighted by molar-refractivity contribution is 9.10. The molecule has 1 fully saturated rings. The Morgan fingerprint density at radius 1 is 1.58 bits per heavy atom. The summed E-state index contributed by atoms with van der Waals surface area (Å²) in [6.45, 7) is 4.70. The molecule has 2 heterocycles. The zero-order valence-electron chi connectivity index (χ0n) is 11.5. The van der Waals surface area contributed by atoms with Gasteiger partial charge in [-0.2, -0.15) is 5.10 Å². The summed E-state index contributed by atoms with van der Waals surface area (Å²) >= 11 is 3.38. The lowest BCUT2D eigenvalue weighted by molar-refractivity contribution is 0.322. The van der Waals surface area contributed by atoms with Gasteiger partial charge in [-0.25, -0.2) is 4.68 Å². The van der Waals surface area contributed by atoms with Crippen molar-refractivity contribution in [2.45, 2.75) is 38.8 Å². The van der Waals surface area contributed by atoms with Crippen LogP contribution in [0.25, 0.3) is 0 Å². The first-order valence-corrected chi connectivity index (χ1v) is 7.62. The smallest absolute Gasteiger partial charge is 0.283 e. The van der Waals surface area contributed by atoms with Gasteiger partial charge in [-0.1, -0.05) is 6.92 Å². The van der Waals surface area contributed by atoms with Crippen LogP contribution in [0.2, 0.25) is 0 Å². The van der Waals surface area contributed by atoms with Gasteiger partial charge < -0.3 is 10.2 Å². The Balaban J connectivity index is 2.04. The van der Waals surface area contributed by atoms with Gasteiger partial charge in [0.2, 0.25) is 0 Å². The van der Waals surface area contributed by atoms with Crippen LogP contribution in [0, 0.1) is 0 Å². The largest absolute Gasteiger partial charge is 0.381 e. The lowest BCUT2D eigenvalue weighted by Gasteiger charge is -2.20. The molecule has 19 heavy (non-hydrogen) atoms. The SMILES string of the molecule is CCCn1ncc(NCC2CCCN2C)c(Br)c1=O. The maximum absolute atomic E-state index is 12.0. The summed E-state index contributed by atoms with van der Waals surface area (Å²) in [4.78, 5) is 14.4. The molecule has 0 bridgehead atoms. The molecule has 2 rings (SSSR count).